The van der Waals surface area contributed by atoms with Crippen molar-refractivity contribution in [3.8, 4) is 0 Å². The zero-order valence-electron chi connectivity index (χ0n) is 10.8. The Kier molecular flexibility index (Phi) is 4.10. The minimum absolute atomic E-state index is 0.192. The highest BCUT2D eigenvalue weighted by Gasteiger charge is 2.03. The smallest absolute Gasteiger partial charge is 0.123 e. The second-order valence-electron chi connectivity index (χ2n) is 4.34. The normalized spacial score (nSPS) is 10.8. The quantitative estimate of drug-likeness (QED) is 0.879. The molecule has 2 rings (SSSR count). The summed E-state index contributed by atoms with van der Waals surface area (Å²) in [6.45, 7) is 3.48. The molecule has 1 aromatic carbocycles. The van der Waals surface area contributed by atoms with Gasteiger partial charge in [-0.15, -0.1) is 0 Å². The van der Waals surface area contributed by atoms with Gasteiger partial charge >= 0.3 is 0 Å². The SMILES string of the molecule is CCc1cc(CNCc2cccc(F)c2)n(C)n1. The zero-order valence-corrected chi connectivity index (χ0v) is 10.8. The fourth-order valence-electron chi connectivity index (χ4n) is 1.89. The average molecular weight is 247 g/mol. The summed E-state index contributed by atoms with van der Waals surface area (Å²) in [4.78, 5) is 0. The van der Waals surface area contributed by atoms with Gasteiger partial charge in [0.25, 0.3) is 0 Å². The van der Waals surface area contributed by atoms with Crippen molar-refractivity contribution in [2.75, 3.05) is 0 Å². The van der Waals surface area contributed by atoms with Crippen LogP contribution in [0.25, 0.3) is 0 Å². The molecule has 4 heteroatoms. The van der Waals surface area contributed by atoms with E-state index in [1.807, 2.05) is 17.8 Å². The van der Waals surface area contributed by atoms with Gasteiger partial charge in [-0.2, -0.15) is 5.10 Å². The third-order valence-corrected chi connectivity index (χ3v) is 2.91. The minimum atomic E-state index is -0.192. The Bertz CT molecular complexity index is 520. The zero-order chi connectivity index (χ0) is 13.0. The van der Waals surface area contributed by atoms with Gasteiger partial charge in [0.2, 0.25) is 0 Å². The van der Waals surface area contributed by atoms with E-state index in [-0.39, 0.29) is 5.82 Å². The Morgan fingerprint density at radius 3 is 2.78 bits per heavy atom. The first-order valence-corrected chi connectivity index (χ1v) is 6.16. The third-order valence-electron chi connectivity index (χ3n) is 2.91. The third kappa shape index (κ3) is 3.17. The molecular formula is C14H18FN3. The maximum absolute atomic E-state index is 13.0. The van der Waals surface area contributed by atoms with Crippen molar-refractivity contribution in [3.05, 3.63) is 53.1 Å². The topological polar surface area (TPSA) is 29.9 Å². The number of rotatable bonds is 5. The van der Waals surface area contributed by atoms with Gasteiger partial charge in [0.05, 0.1) is 11.4 Å². The van der Waals surface area contributed by atoms with Crippen molar-refractivity contribution in [1.29, 1.82) is 0 Å². The Hall–Kier alpha value is -1.68. The second kappa shape index (κ2) is 5.78. The second-order valence-corrected chi connectivity index (χ2v) is 4.34. The van der Waals surface area contributed by atoms with Crippen LogP contribution in [-0.4, -0.2) is 9.78 Å². The molecule has 2 aromatic rings. The molecule has 1 aromatic heterocycles. The lowest BCUT2D eigenvalue weighted by molar-refractivity contribution is 0.608. The highest BCUT2D eigenvalue weighted by Crippen LogP contribution is 2.05. The fraction of sp³-hybridized carbons (Fsp3) is 0.357. The number of hydrogen-bond donors (Lipinski definition) is 1. The number of halogens is 1. The van der Waals surface area contributed by atoms with Crippen LogP contribution >= 0.6 is 0 Å². The first-order valence-electron chi connectivity index (χ1n) is 6.16. The number of benzene rings is 1. The Morgan fingerprint density at radius 1 is 1.28 bits per heavy atom. The molecular weight excluding hydrogens is 229 g/mol. The molecule has 0 atom stereocenters. The lowest BCUT2D eigenvalue weighted by Gasteiger charge is -2.05. The van der Waals surface area contributed by atoms with Gasteiger partial charge in [-0.3, -0.25) is 4.68 Å². The van der Waals surface area contributed by atoms with Crippen LogP contribution in [0.1, 0.15) is 23.9 Å². The number of nitrogens with zero attached hydrogens (tertiary/aromatic N) is 2. The number of hydrogen-bond acceptors (Lipinski definition) is 2. The van der Waals surface area contributed by atoms with E-state index in [0.29, 0.717) is 6.54 Å². The van der Waals surface area contributed by atoms with Gasteiger partial charge in [0, 0.05) is 20.1 Å². The standard InChI is InChI=1S/C14H18FN3/c1-3-13-8-14(18(2)17-13)10-16-9-11-5-4-6-12(15)7-11/h4-8,16H,3,9-10H2,1-2H3. The Morgan fingerprint density at radius 2 is 2.11 bits per heavy atom. The fourth-order valence-corrected chi connectivity index (χ4v) is 1.89. The number of aromatic nitrogens is 2. The molecule has 0 bridgehead atoms. The molecule has 1 N–H and O–H groups in total. The molecule has 0 fully saturated rings. The van der Waals surface area contributed by atoms with E-state index in [2.05, 4.69) is 23.4 Å². The first kappa shape index (κ1) is 12.8. The molecule has 0 aliphatic heterocycles. The molecule has 3 nitrogen and oxygen atoms in total. The molecule has 0 aliphatic rings. The molecule has 0 aliphatic carbocycles. The molecule has 0 saturated heterocycles. The van der Waals surface area contributed by atoms with Crippen molar-refractivity contribution in [3.63, 3.8) is 0 Å². The van der Waals surface area contributed by atoms with Crippen LogP contribution in [0.15, 0.2) is 30.3 Å². The van der Waals surface area contributed by atoms with Gasteiger partial charge in [-0.25, -0.2) is 4.39 Å². The molecule has 18 heavy (non-hydrogen) atoms. The molecule has 0 saturated carbocycles. The van der Waals surface area contributed by atoms with Crippen LogP contribution in [0.4, 0.5) is 4.39 Å². The lowest BCUT2D eigenvalue weighted by atomic mass is 10.2. The average Bonchev–Trinajstić information content (AvgIpc) is 2.71. The number of nitrogens with one attached hydrogen (secondary N) is 1. The summed E-state index contributed by atoms with van der Waals surface area (Å²) in [5.74, 6) is -0.192. The van der Waals surface area contributed by atoms with Crippen LogP contribution in [0.2, 0.25) is 0 Å². The molecule has 0 radical (unpaired) electrons. The summed E-state index contributed by atoms with van der Waals surface area (Å²) in [5, 5.41) is 7.68. The monoisotopic (exact) mass is 247 g/mol. The Labute approximate surface area is 107 Å². The summed E-state index contributed by atoms with van der Waals surface area (Å²) >= 11 is 0. The first-order chi connectivity index (χ1) is 8.69. The molecule has 0 unspecified atom stereocenters. The summed E-state index contributed by atoms with van der Waals surface area (Å²) in [5.41, 5.74) is 3.19. The summed E-state index contributed by atoms with van der Waals surface area (Å²) in [7, 11) is 1.94. The van der Waals surface area contributed by atoms with Crippen molar-refractivity contribution < 1.29 is 4.39 Å². The summed E-state index contributed by atoms with van der Waals surface area (Å²) in [6.07, 6.45) is 0.942. The predicted molar refractivity (Wildman–Crippen MR) is 69.5 cm³/mol. The van der Waals surface area contributed by atoms with E-state index >= 15 is 0 Å². The van der Waals surface area contributed by atoms with Gasteiger partial charge in [-0.05, 0) is 30.2 Å². The molecule has 0 amide bonds. The van der Waals surface area contributed by atoms with Gasteiger partial charge in [-0.1, -0.05) is 19.1 Å². The maximum atomic E-state index is 13.0. The van der Waals surface area contributed by atoms with Crippen LogP contribution < -0.4 is 5.32 Å². The van der Waals surface area contributed by atoms with Crippen molar-refractivity contribution in [2.45, 2.75) is 26.4 Å². The van der Waals surface area contributed by atoms with Gasteiger partial charge in [0.15, 0.2) is 0 Å². The number of aryl methyl sites for hydroxylation is 2. The van der Waals surface area contributed by atoms with Gasteiger partial charge < -0.3 is 5.32 Å². The largest absolute Gasteiger partial charge is 0.307 e. The van der Waals surface area contributed by atoms with E-state index in [0.717, 1.165) is 29.9 Å². The highest BCUT2D eigenvalue weighted by molar-refractivity contribution is 5.16. The maximum Gasteiger partial charge on any atom is 0.123 e. The van der Waals surface area contributed by atoms with E-state index in [4.69, 9.17) is 0 Å². The van der Waals surface area contributed by atoms with E-state index < -0.39 is 0 Å². The molecule has 0 spiro atoms. The van der Waals surface area contributed by atoms with E-state index in [1.165, 1.54) is 6.07 Å². The molecule has 96 valence electrons. The van der Waals surface area contributed by atoms with Crippen molar-refractivity contribution in [2.24, 2.45) is 7.05 Å². The lowest BCUT2D eigenvalue weighted by Crippen LogP contribution is -2.15. The van der Waals surface area contributed by atoms with Crippen LogP contribution in [0, 0.1) is 5.82 Å². The van der Waals surface area contributed by atoms with Crippen LogP contribution in [-0.2, 0) is 26.6 Å². The van der Waals surface area contributed by atoms with E-state index in [1.54, 1.807) is 12.1 Å². The van der Waals surface area contributed by atoms with Gasteiger partial charge in [0.1, 0.15) is 5.82 Å². The summed E-state index contributed by atoms with van der Waals surface area (Å²) < 4.78 is 14.9. The highest BCUT2D eigenvalue weighted by atomic mass is 19.1. The molecule has 1 heterocycles. The predicted octanol–water partition coefficient (Wildman–Crippen LogP) is 2.41. The van der Waals surface area contributed by atoms with Crippen LogP contribution in [0.3, 0.4) is 0 Å². The van der Waals surface area contributed by atoms with Crippen molar-refractivity contribution >= 4 is 0 Å². The van der Waals surface area contributed by atoms with E-state index in [9.17, 15) is 4.39 Å². The minimum Gasteiger partial charge on any atom is -0.307 e. The summed E-state index contributed by atoms with van der Waals surface area (Å²) in [6, 6.07) is 8.74. The van der Waals surface area contributed by atoms with Crippen molar-refractivity contribution in [1.82, 2.24) is 15.1 Å². The van der Waals surface area contributed by atoms with Crippen LogP contribution in [0.5, 0.6) is 0 Å². The Balaban J connectivity index is 1.90.